The van der Waals surface area contributed by atoms with E-state index in [-0.39, 0.29) is 5.84 Å². The lowest BCUT2D eigenvalue weighted by Gasteiger charge is -2.20. The summed E-state index contributed by atoms with van der Waals surface area (Å²) in [5.74, 6) is -0.00151. The van der Waals surface area contributed by atoms with E-state index >= 15 is 0 Å². The van der Waals surface area contributed by atoms with Gasteiger partial charge in [-0.05, 0) is 36.2 Å². The zero-order valence-electron chi connectivity index (χ0n) is 10.4. The van der Waals surface area contributed by atoms with E-state index in [0.29, 0.717) is 10.6 Å². The average Bonchev–Trinajstić information content (AvgIpc) is 2.82. The second kappa shape index (κ2) is 4.59. The number of rotatable bonds is 2. The Morgan fingerprint density at radius 2 is 2.00 bits per heavy atom. The Morgan fingerprint density at radius 3 is 2.74 bits per heavy atom. The van der Waals surface area contributed by atoms with Gasteiger partial charge in [0.2, 0.25) is 0 Å². The number of para-hydroxylation sites is 1. The number of nitrogens with one attached hydrogen (secondary N) is 1. The predicted octanol–water partition coefficient (Wildman–Crippen LogP) is 3.32. The highest BCUT2D eigenvalue weighted by atomic mass is 35.5. The van der Waals surface area contributed by atoms with Crippen molar-refractivity contribution >= 4 is 28.8 Å². The summed E-state index contributed by atoms with van der Waals surface area (Å²) in [7, 11) is 0. The second-order valence-corrected chi connectivity index (χ2v) is 5.02. The number of nitrogens with zero attached hydrogens (tertiary/aromatic N) is 1. The van der Waals surface area contributed by atoms with E-state index in [1.165, 1.54) is 11.3 Å². The maximum Gasteiger partial charge on any atom is 0.124 e. The van der Waals surface area contributed by atoms with Gasteiger partial charge in [0.25, 0.3) is 0 Å². The summed E-state index contributed by atoms with van der Waals surface area (Å²) in [4.78, 5) is 2.24. The summed E-state index contributed by atoms with van der Waals surface area (Å²) in [6.07, 6.45) is 1.04. The molecule has 0 amide bonds. The molecule has 4 heteroatoms. The third-order valence-electron chi connectivity index (χ3n) is 3.44. The molecule has 1 aliphatic rings. The van der Waals surface area contributed by atoms with Gasteiger partial charge in [0.05, 0.1) is 5.02 Å². The van der Waals surface area contributed by atoms with Crippen LogP contribution >= 0.6 is 11.6 Å². The predicted molar refractivity (Wildman–Crippen MR) is 79.6 cm³/mol. The van der Waals surface area contributed by atoms with Gasteiger partial charge in [-0.2, -0.15) is 0 Å². The Bertz CT molecular complexity index is 652. The maximum absolute atomic E-state index is 7.45. The summed E-state index contributed by atoms with van der Waals surface area (Å²) in [5.41, 5.74) is 9.69. The standard InChI is InChI=1S/C15H14ClN3/c16-13-9-11(5-6-12(13)15(17)18)19-8-7-10-3-1-2-4-14(10)19/h1-6,9H,7-8H2,(H3,17,18). The van der Waals surface area contributed by atoms with Crippen molar-refractivity contribution in [2.45, 2.75) is 6.42 Å². The van der Waals surface area contributed by atoms with Crippen LogP contribution in [0.1, 0.15) is 11.1 Å². The molecule has 0 spiro atoms. The fraction of sp³-hybridized carbons (Fsp3) is 0.133. The number of halogens is 1. The van der Waals surface area contributed by atoms with Crippen molar-refractivity contribution in [1.82, 2.24) is 0 Å². The van der Waals surface area contributed by atoms with Crippen LogP contribution in [-0.2, 0) is 6.42 Å². The minimum Gasteiger partial charge on any atom is -0.384 e. The van der Waals surface area contributed by atoms with E-state index in [4.69, 9.17) is 22.7 Å². The highest BCUT2D eigenvalue weighted by Gasteiger charge is 2.20. The zero-order chi connectivity index (χ0) is 13.4. The summed E-state index contributed by atoms with van der Waals surface area (Å²) in [5, 5.41) is 7.98. The lowest BCUT2D eigenvalue weighted by Crippen LogP contribution is -2.15. The molecule has 0 unspecified atom stereocenters. The lowest BCUT2D eigenvalue weighted by atomic mass is 10.1. The van der Waals surface area contributed by atoms with Crippen LogP contribution in [0.2, 0.25) is 5.02 Å². The molecule has 3 rings (SSSR count). The number of fused-ring (bicyclic) bond motifs is 1. The molecular formula is C15H14ClN3. The van der Waals surface area contributed by atoms with Gasteiger partial charge in [0.15, 0.2) is 0 Å². The lowest BCUT2D eigenvalue weighted by molar-refractivity contribution is 0.998. The third-order valence-corrected chi connectivity index (χ3v) is 3.75. The van der Waals surface area contributed by atoms with Crippen molar-refractivity contribution < 1.29 is 0 Å². The normalized spacial score (nSPS) is 13.4. The van der Waals surface area contributed by atoms with Gasteiger partial charge >= 0.3 is 0 Å². The first-order chi connectivity index (χ1) is 9.16. The van der Waals surface area contributed by atoms with Crippen molar-refractivity contribution in [3.63, 3.8) is 0 Å². The Hall–Kier alpha value is -2.00. The number of anilines is 2. The van der Waals surface area contributed by atoms with Gasteiger partial charge in [-0.3, -0.25) is 5.41 Å². The number of hydrogen-bond acceptors (Lipinski definition) is 2. The molecule has 0 fully saturated rings. The molecule has 1 aliphatic heterocycles. The van der Waals surface area contributed by atoms with Gasteiger partial charge in [-0.15, -0.1) is 0 Å². The van der Waals surface area contributed by atoms with E-state index in [2.05, 4.69) is 23.1 Å². The molecule has 0 bridgehead atoms. The van der Waals surface area contributed by atoms with Gasteiger partial charge in [0.1, 0.15) is 5.84 Å². The van der Waals surface area contributed by atoms with Gasteiger partial charge in [-0.25, -0.2) is 0 Å². The molecule has 0 saturated carbocycles. The van der Waals surface area contributed by atoms with Crippen LogP contribution in [0.5, 0.6) is 0 Å². The van der Waals surface area contributed by atoms with E-state index in [1.807, 2.05) is 18.2 Å². The summed E-state index contributed by atoms with van der Waals surface area (Å²) in [6.45, 7) is 0.953. The minimum atomic E-state index is -0.00151. The van der Waals surface area contributed by atoms with Crippen molar-refractivity contribution in [1.29, 1.82) is 5.41 Å². The monoisotopic (exact) mass is 271 g/mol. The molecule has 2 aromatic carbocycles. The Balaban J connectivity index is 2.01. The molecule has 19 heavy (non-hydrogen) atoms. The van der Waals surface area contributed by atoms with Crippen molar-refractivity contribution in [2.24, 2.45) is 5.73 Å². The molecular weight excluding hydrogens is 258 g/mol. The number of nitrogen functional groups attached to an aromatic ring is 1. The molecule has 0 saturated heterocycles. The Labute approximate surface area is 117 Å². The molecule has 0 atom stereocenters. The van der Waals surface area contributed by atoms with Crippen LogP contribution in [-0.4, -0.2) is 12.4 Å². The van der Waals surface area contributed by atoms with E-state index < -0.39 is 0 Å². The van der Waals surface area contributed by atoms with Crippen LogP contribution < -0.4 is 10.6 Å². The second-order valence-electron chi connectivity index (χ2n) is 4.61. The topological polar surface area (TPSA) is 53.1 Å². The maximum atomic E-state index is 7.45. The third kappa shape index (κ3) is 2.06. The smallest absolute Gasteiger partial charge is 0.124 e. The van der Waals surface area contributed by atoms with Crippen molar-refractivity contribution in [3.05, 3.63) is 58.6 Å². The van der Waals surface area contributed by atoms with Gasteiger partial charge < -0.3 is 10.6 Å². The first kappa shape index (κ1) is 12.1. The van der Waals surface area contributed by atoms with Crippen LogP contribution in [0.4, 0.5) is 11.4 Å². The number of nitrogens with two attached hydrogens (primary N) is 1. The quantitative estimate of drug-likeness (QED) is 0.650. The molecule has 0 aromatic heterocycles. The van der Waals surface area contributed by atoms with E-state index in [0.717, 1.165) is 18.7 Å². The molecule has 2 aromatic rings. The van der Waals surface area contributed by atoms with Crippen LogP contribution in [0.3, 0.4) is 0 Å². The fourth-order valence-corrected chi connectivity index (χ4v) is 2.77. The molecule has 1 heterocycles. The average molecular weight is 272 g/mol. The van der Waals surface area contributed by atoms with Crippen LogP contribution in [0, 0.1) is 5.41 Å². The van der Waals surface area contributed by atoms with Gasteiger partial charge in [-0.1, -0.05) is 29.8 Å². The SMILES string of the molecule is N=C(N)c1ccc(N2CCc3ccccc32)cc1Cl. The van der Waals surface area contributed by atoms with Crippen LogP contribution in [0.15, 0.2) is 42.5 Å². The highest BCUT2D eigenvalue weighted by molar-refractivity contribution is 6.34. The first-order valence-electron chi connectivity index (χ1n) is 6.16. The highest BCUT2D eigenvalue weighted by Crippen LogP contribution is 2.35. The van der Waals surface area contributed by atoms with Crippen molar-refractivity contribution in [3.8, 4) is 0 Å². The van der Waals surface area contributed by atoms with Crippen molar-refractivity contribution in [2.75, 3.05) is 11.4 Å². The summed E-state index contributed by atoms with van der Waals surface area (Å²) < 4.78 is 0. The fourth-order valence-electron chi connectivity index (χ4n) is 2.50. The molecule has 0 radical (unpaired) electrons. The van der Waals surface area contributed by atoms with Gasteiger partial charge in [0, 0.05) is 23.5 Å². The molecule has 3 nitrogen and oxygen atoms in total. The van der Waals surface area contributed by atoms with Crippen LogP contribution in [0.25, 0.3) is 0 Å². The largest absolute Gasteiger partial charge is 0.384 e. The Morgan fingerprint density at radius 1 is 1.21 bits per heavy atom. The minimum absolute atomic E-state index is 0.00151. The molecule has 0 aliphatic carbocycles. The molecule has 96 valence electrons. The zero-order valence-corrected chi connectivity index (χ0v) is 11.1. The molecule has 3 N–H and O–H groups in total. The van der Waals surface area contributed by atoms with E-state index in [1.54, 1.807) is 6.07 Å². The number of benzene rings is 2. The summed E-state index contributed by atoms with van der Waals surface area (Å²) in [6, 6.07) is 14.0. The summed E-state index contributed by atoms with van der Waals surface area (Å²) >= 11 is 6.18. The first-order valence-corrected chi connectivity index (χ1v) is 6.54. The number of amidine groups is 1. The van der Waals surface area contributed by atoms with E-state index in [9.17, 15) is 0 Å². The number of hydrogen-bond donors (Lipinski definition) is 2. The Kier molecular flexibility index (Phi) is 2.91.